The highest BCUT2D eigenvalue weighted by Crippen LogP contribution is 2.37. The largest absolute Gasteiger partial charge is 0.497 e. The molecule has 0 amide bonds. The Morgan fingerprint density at radius 2 is 1.47 bits per heavy atom. The second-order valence-corrected chi connectivity index (χ2v) is 15.3. The lowest BCUT2D eigenvalue weighted by Crippen LogP contribution is -2.57. The molecule has 4 aromatic rings. The minimum absolute atomic E-state index is 0.141. The fourth-order valence-corrected chi connectivity index (χ4v) is 8.46. The minimum Gasteiger partial charge on any atom is -0.497 e. The fourth-order valence-electron chi connectivity index (χ4n) is 6.69. The number of carbonyl (C=O) groups excluding carboxylic acids is 1. The van der Waals surface area contributed by atoms with Gasteiger partial charge in [-0.2, -0.15) is 4.31 Å². The predicted molar refractivity (Wildman–Crippen MR) is 207 cm³/mol. The Labute approximate surface area is 323 Å². The van der Waals surface area contributed by atoms with Crippen molar-refractivity contribution in [1.29, 1.82) is 0 Å². The zero-order chi connectivity index (χ0) is 39.0. The summed E-state index contributed by atoms with van der Waals surface area (Å²) in [6.07, 6.45) is 3.16. The molecule has 0 spiro atoms. The van der Waals surface area contributed by atoms with Crippen molar-refractivity contribution in [1.82, 2.24) is 4.31 Å². The van der Waals surface area contributed by atoms with E-state index >= 15 is 0 Å². The lowest BCUT2D eigenvalue weighted by molar-refractivity contribution is -0.387. The van der Waals surface area contributed by atoms with Crippen LogP contribution < -0.4 is 4.74 Å². The number of methoxy groups -OCH3 is 1. The molecule has 0 aliphatic carbocycles. The number of ether oxygens (including phenoxy) is 5. The van der Waals surface area contributed by atoms with Gasteiger partial charge < -0.3 is 23.7 Å². The summed E-state index contributed by atoms with van der Waals surface area (Å²) in [6, 6.07) is 30.4. The molecule has 5 rings (SSSR count). The molecule has 0 saturated carbocycles. The number of nitrogens with zero attached hydrogens (tertiary/aromatic N) is 2. The second-order valence-electron chi connectivity index (χ2n) is 13.5. The average molecular weight is 775 g/mol. The third-order valence-corrected chi connectivity index (χ3v) is 11.4. The molecule has 1 aliphatic heterocycles. The van der Waals surface area contributed by atoms with Crippen molar-refractivity contribution in [3.05, 3.63) is 136 Å². The molecule has 1 fully saturated rings. The smallest absolute Gasteiger partial charge is 0.302 e. The van der Waals surface area contributed by atoms with E-state index in [4.69, 9.17) is 23.7 Å². The Hall–Kier alpha value is -4.66. The van der Waals surface area contributed by atoms with E-state index in [9.17, 15) is 23.3 Å². The first-order valence-electron chi connectivity index (χ1n) is 18.7. The third-order valence-electron chi connectivity index (χ3n) is 9.49. The van der Waals surface area contributed by atoms with E-state index in [1.165, 1.54) is 29.4 Å². The van der Waals surface area contributed by atoms with Crippen molar-refractivity contribution in [3.63, 3.8) is 0 Å². The van der Waals surface area contributed by atoms with E-state index in [2.05, 4.69) is 0 Å². The fraction of sp³-hybridized carbons (Fsp3) is 0.405. The molecule has 0 bridgehead atoms. The molecule has 0 radical (unpaired) electrons. The van der Waals surface area contributed by atoms with E-state index in [1.807, 2.05) is 36.4 Å². The number of nitro groups is 1. The molecule has 4 aromatic carbocycles. The predicted octanol–water partition coefficient (Wildman–Crippen LogP) is 8.16. The summed E-state index contributed by atoms with van der Waals surface area (Å²) in [4.78, 5) is 23.5. The van der Waals surface area contributed by atoms with Gasteiger partial charge in [0, 0.05) is 31.7 Å². The Morgan fingerprint density at radius 1 is 0.855 bits per heavy atom. The first kappa shape index (κ1) is 41.5. The van der Waals surface area contributed by atoms with Gasteiger partial charge in [0.05, 0.1) is 31.3 Å². The number of carbonyl (C=O) groups is 1. The molecule has 4 atom stereocenters. The quantitative estimate of drug-likeness (QED) is 0.0352. The maximum atomic E-state index is 14.7. The SMILES string of the molecule is COc1ccc([C@H]2OC[C@H](N(Cc3ccccc3)S(=O)(=O)c3ccccc3[N+](=O)[O-])[C@@H]([C@@H](CCCCCCCCOCc3ccccc3)OC(C)=O)O2)cc1. The van der Waals surface area contributed by atoms with Crippen molar-refractivity contribution in [3.8, 4) is 5.75 Å². The van der Waals surface area contributed by atoms with Gasteiger partial charge in [0.15, 0.2) is 11.2 Å². The summed E-state index contributed by atoms with van der Waals surface area (Å²) < 4.78 is 60.4. The number of hydrogen-bond donors (Lipinski definition) is 0. The van der Waals surface area contributed by atoms with Gasteiger partial charge in [-0.25, -0.2) is 8.42 Å². The number of rotatable bonds is 21. The van der Waals surface area contributed by atoms with Crippen LogP contribution in [0, 0.1) is 10.1 Å². The van der Waals surface area contributed by atoms with Crippen LogP contribution in [0.3, 0.4) is 0 Å². The summed E-state index contributed by atoms with van der Waals surface area (Å²) in [7, 11) is -2.99. The number of unbranched alkanes of at least 4 members (excludes halogenated alkanes) is 5. The summed E-state index contributed by atoms with van der Waals surface area (Å²) in [5, 5.41) is 12.1. The Morgan fingerprint density at radius 3 is 2.13 bits per heavy atom. The molecule has 294 valence electrons. The van der Waals surface area contributed by atoms with E-state index < -0.39 is 56.0 Å². The number of esters is 1. The summed E-state index contributed by atoms with van der Waals surface area (Å²) in [6.45, 7) is 2.32. The minimum atomic E-state index is -4.55. The van der Waals surface area contributed by atoms with Gasteiger partial charge >= 0.3 is 5.97 Å². The highest BCUT2D eigenvalue weighted by atomic mass is 32.2. The Bertz CT molecular complexity index is 1890. The van der Waals surface area contributed by atoms with Crippen LogP contribution in [0.5, 0.6) is 5.75 Å². The van der Waals surface area contributed by atoms with E-state index in [1.54, 1.807) is 55.6 Å². The molecule has 1 saturated heterocycles. The maximum absolute atomic E-state index is 14.7. The van der Waals surface area contributed by atoms with Crippen molar-refractivity contribution in [2.24, 2.45) is 0 Å². The van der Waals surface area contributed by atoms with Crippen molar-refractivity contribution in [2.75, 3.05) is 20.3 Å². The van der Waals surface area contributed by atoms with Gasteiger partial charge in [0.25, 0.3) is 15.7 Å². The molecule has 0 unspecified atom stereocenters. The van der Waals surface area contributed by atoms with Gasteiger partial charge in [0.1, 0.15) is 18.0 Å². The van der Waals surface area contributed by atoms with Crippen LogP contribution in [-0.4, -0.2) is 62.2 Å². The zero-order valence-corrected chi connectivity index (χ0v) is 32.2. The van der Waals surface area contributed by atoms with Crippen LogP contribution in [0.4, 0.5) is 5.69 Å². The first-order valence-corrected chi connectivity index (χ1v) is 20.1. The zero-order valence-electron chi connectivity index (χ0n) is 31.4. The average Bonchev–Trinajstić information content (AvgIpc) is 3.20. The van der Waals surface area contributed by atoms with Gasteiger partial charge in [-0.15, -0.1) is 0 Å². The second kappa shape index (κ2) is 20.9. The van der Waals surface area contributed by atoms with Gasteiger partial charge in [-0.1, -0.05) is 111 Å². The molecular formula is C42H50N2O10S. The van der Waals surface area contributed by atoms with E-state index in [-0.39, 0.29) is 13.2 Å². The topological polar surface area (TPSA) is 144 Å². The molecule has 13 heteroatoms. The standard InChI is InChI=1S/C42H50N2O10S/c1-32(45)53-39(22-13-5-3-4-6-16-28-51-30-34-19-11-8-12-20-34)41-38(31-52-42(54-41)35-24-26-36(50-2)27-25-35)43(29-33-17-9-7-10-18-33)55(48,49)40-23-15-14-21-37(40)44(46)47/h7-12,14-15,17-21,23-27,38-39,41-42H,3-6,13,16,22,28-31H2,1-2H3/t38-,39+,41-,42-/m0/s1. The van der Waals surface area contributed by atoms with Crippen LogP contribution in [-0.2, 0) is 46.9 Å². The highest BCUT2D eigenvalue weighted by Gasteiger charge is 2.47. The molecule has 55 heavy (non-hydrogen) atoms. The first-order chi connectivity index (χ1) is 26.7. The molecular weight excluding hydrogens is 725 g/mol. The summed E-state index contributed by atoms with van der Waals surface area (Å²) >= 11 is 0. The van der Waals surface area contributed by atoms with Crippen LogP contribution in [0.1, 0.15) is 74.8 Å². The van der Waals surface area contributed by atoms with Crippen LogP contribution in [0.25, 0.3) is 0 Å². The molecule has 1 heterocycles. The van der Waals surface area contributed by atoms with Gasteiger partial charge in [-0.05, 0) is 48.6 Å². The maximum Gasteiger partial charge on any atom is 0.302 e. The number of sulfonamides is 1. The van der Waals surface area contributed by atoms with E-state index in [0.717, 1.165) is 43.7 Å². The van der Waals surface area contributed by atoms with Crippen molar-refractivity contribution in [2.45, 2.75) is 94.5 Å². The molecule has 0 aromatic heterocycles. The Kier molecular flexibility index (Phi) is 15.7. The molecule has 12 nitrogen and oxygen atoms in total. The molecule has 0 N–H and O–H groups in total. The lowest BCUT2D eigenvalue weighted by atomic mass is 9.97. The van der Waals surface area contributed by atoms with Crippen LogP contribution in [0.15, 0.2) is 114 Å². The van der Waals surface area contributed by atoms with Crippen molar-refractivity contribution < 1.29 is 41.8 Å². The molecule has 1 aliphatic rings. The lowest BCUT2D eigenvalue weighted by Gasteiger charge is -2.44. The Balaban J connectivity index is 1.36. The monoisotopic (exact) mass is 774 g/mol. The van der Waals surface area contributed by atoms with Gasteiger partial charge in [-0.3, -0.25) is 14.9 Å². The van der Waals surface area contributed by atoms with Crippen LogP contribution >= 0.6 is 0 Å². The number of nitro benzene ring substituents is 1. The van der Waals surface area contributed by atoms with Crippen LogP contribution in [0.2, 0.25) is 0 Å². The number of para-hydroxylation sites is 1. The third kappa shape index (κ3) is 11.9. The number of benzene rings is 4. The summed E-state index contributed by atoms with van der Waals surface area (Å²) in [5.41, 5.74) is 1.91. The highest BCUT2D eigenvalue weighted by molar-refractivity contribution is 7.89. The van der Waals surface area contributed by atoms with Crippen molar-refractivity contribution >= 4 is 21.7 Å². The normalized spacial score (nSPS) is 17.8. The van der Waals surface area contributed by atoms with Gasteiger partial charge in [0.2, 0.25) is 0 Å². The summed E-state index contributed by atoms with van der Waals surface area (Å²) in [5.74, 6) is 0.0996. The van der Waals surface area contributed by atoms with E-state index in [0.29, 0.717) is 42.9 Å². The number of hydrogen-bond acceptors (Lipinski definition) is 10.